The van der Waals surface area contributed by atoms with Crippen LogP contribution in [0.25, 0.3) is 38.6 Å². The molecule has 2 unspecified atom stereocenters. The molecule has 0 spiro atoms. The Bertz CT molecular complexity index is 1970. The maximum Gasteiger partial charge on any atom is 0.296 e. The number of pyridine rings is 1. The Morgan fingerprint density at radius 1 is 0.694 bits per heavy atom. The first-order chi connectivity index (χ1) is 23.6. The predicted octanol–water partition coefficient (Wildman–Crippen LogP) is 10.8. The lowest BCUT2D eigenvalue weighted by Crippen LogP contribution is -2.65. The van der Waals surface area contributed by atoms with Gasteiger partial charge in [0.05, 0.1) is 22.3 Å². The fourth-order valence-electron chi connectivity index (χ4n) is 10.5. The number of hydrogen-bond donors (Lipinski definition) is 0. The summed E-state index contributed by atoms with van der Waals surface area (Å²) in [4.78, 5) is 5.48. The molecule has 5 heterocycles. The van der Waals surface area contributed by atoms with Gasteiger partial charge in [0.15, 0.2) is 5.69 Å². The molecule has 0 aliphatic carbocycles. The number of benzene rings is 3. The number of anilines is 2. The fourth-order valence-corrected chi connectivity index (χ4v) is 10.5. The van der Waals surface area contributed by atoms with E-state index in [0.29, 0.717) is 0 Å². The molecular formula is C45H59N4+. The third-order valence-electron chi connectivity index (χ3n) is 14.3. The third kappa shape index (κ3) is 4.71. The van der Waals surface area contributed by atoms with Gasteiger partial charge < -0.3 is 9.80 Å². The van der Waals surface area contributed by atoms with Crippen molar-refractivity contribution in [2.45, 2.75) is 105 Å². The number of fused-ring (bicyclic) bond motifs is 3. The first-order valence-corrected chi connectivity index (χ1v) is 19.7. The lowest BCUT2D eigenvalue weighted by atomic mass is 9.62. The Morgan fingerprint density at radius 2 is 1.24 bits per heavy atom. The van der Waals surface area contributed by atoms with Crippen LogP contribution in [0.15, 0.2) is 66.9 Å². The molecule has 3 aliphatic rings. The van der Waals surface area contributed by atoms with Crippen LogP contribution >= 0.6 is 0 Å². The number of rotatable bonds is 7. The highest BCUT2D eigenvalue weighted by atomic mass is 15.2. The first kappa shape index (κ1) is 32.7. The van der Waals surface area contributed by atoms with Gasteiger partial charge in [-0.05, 0) is 92.9 Å². The molecule has 2 atom stereocenters. The molecule has 0 saturated carbocycles. The lowest BCUT2D eigenvalue weighted by molar-refractivity contribution is -0.750. The summed E-state index contributed by atoms with van der Waals surface area (Å²) in [5.41, 5.74) is 9.75. The summed E-state index contributed by atoms with van der Waals surface area (Å²) in [6.07, 6.45) is 9.86. The zero-order valence-electron chi connectivity index (χ0n) is 31.5. The molecule has 4 heteroatoms. The standard InChI is InChI=1S/C45H59N4/c1-9-44(7)36-17-13-16-35-34-15-11-12-18-37(34)49-40(29-48(43(49)41(35)36)45(44,8)10-2)42-38(46-25-21-32(22-26-46)30(3)4)19-14-20-39(42)47-27-23-33(24-28-47)31(5)6/h11-20,29-33H,9-10,21-28H2,1-8H3/q+1. The first-order valence-electron chi connectivity index (χ1n) is 19.7. The van der Waals surface area contributed by atoms with Crippen LogP contribution in [-0.4, -0.2) is 30.6 Å². The summed E-state index contributed by atoms with van der Waals surface area (Å²) in [5, 5.41) is 4.18. The largest absolute Gasteiger partial charge is 0.371 e. The molecule has 2 aromatic heterocycles. The fraction of sp³-hybridized carbons (Fsp3) is 0.533. The van der Waals surface area contributed by atoms with E-state index in [2.05, 4.69) is 141 Å². The summed E-state index contributed by atoms with van der Waals surface area (Å²) >= 11 is 0. The van der Waals surface area contributed by atoms with Crippen LogP contribution in [0.1, 0.15) is 99.5 Å². The monoisotopic (exact) mass is 655 g/mol. The van der Waals surface area contributed by atoms with E-state index in [-0.39, 0.29) is 11.0 Å². The topological polar surface area (TPSA) is 14.8 Å². The highest BCUT2D eigenvalue weighted by molar-refractivity contribution is 6.14. The molecule has 8 rings (SSSR count). The molecule has 0 radical (unpaired) electrons. The molecule has 258 valence electrons. The van der Waals surface area contributed by atoms with E-state index in [4.69, 9.17) is 0 Å². The Hall–Kier alpha value is -3.53. The van der Waals surface area contributed by atoms with Gasteiger partial charge in [-0.1, -0.05) is 90.9 Å². The number of aromatic nitrogens is 2. The van der Waals surface area contributed by atoms with Crippen molar-refractivity contribution in [3.05, 3.63) is 72.4 Å². The van der Waals surface area contributed by atoms with E-state index in [0.717, 1.165) is 62.7 Å². The quantitative estimate of drug-likeness (QED) is 0.128. The molecule has 4 nitrogen and oxygen atoms in total. The lowest BCUT2D eigenvalue weighted by Gasteiger charge is -2.46. The van der Waals surface area contributed by atoms with Gasteiger partial charge in [0.2, 0.25) is 0 Å². The second-order valence-corrected chi connectivity index (χ2v) is 16.9. The van der Waals surface area contributed by atoms with Gasteiger partial charge in [-0.3, -0.25) is 0 Å². The van der Waals surface area contributed by atoms with Crippen molar-refractivity contribution < 1.29 is 4.57 Å². The van der Waals surface area contributed by atoms with Gasteiger partial charge in [-0.2, -0.15) is 4.40 Å². The second-order valence-electron chi connectivity index (χ2n) is 16.9. The summed E-state index contributed by atoms with van der Waals surface area (Å²) in [5.74, 6) is 3.13. The highest BCUT2D eigenvalue weighted by Gasteiger charge is 2.54. The molecule has 0 N–H and O–H groups in total. The van der Waals surface area contributed by atoms with Crippen LogP contribution < -0.4 is 14.4 Å². The molecule has 2 fully saturated rings. The molecular weight excluding hydrogens is 597 g/mol. The van der Waals surface area contributed by atoms with Crippen molar-refractivity contribution in [1.29, 1.82) is 0 Å². The van der Waals surface area contributed by atoms with Crippen LogP contribution in [0.4, 0.5) is 11.4 Å². The molecule has 0 bridgehead atoms. The van der Waals surface area contributed by atoms with E-state index in [1.54, 1.807) is 0 Å². The van der Waals surface area contributed by atoms with E-state index in [1.807, 2.05) is 0 Å². The van der Waals surface area contributed by atoms with Crippen molar-refractivity contribution in [2.75, 3.05) is 36.0 Å². The van der Waals surface area contributed by atoms with E-state index < -0.39 is 0 Å². The highest BCUT2D eigenvalue weighted by Crippen LogP contribution is 2.52. The van der Waals surface area contributed by atoms with Gasteiger partial charge in [0.1, 0.15) is 17.3 Å². The minimum Gasteiger partial charge on any atom is -0.371 e. The number of para-hydroxylation sites is 1. The minimum absolute atomic E-state index is 0.000299. The number of imidazole rings is 1. The smallest absolute Gasteiger partial charge is 0.296 e. The van der Waals surface area contributed by atoms with Crippen LogP contribution in [0, 0.1) is 23.7 Å². The Morgan fingerprint density at radius 3 is 1.80 bits per heavy atom. The van der Waals surface area contributed by atoms with Crippen molar-refractivity contribution in [2.24, 2.45) is 23.7 Å². The van der Waals surface area contributed by atoms with Gasteiger partial charge in [0, 0.05) is 42.4 Å². The maximum atomic E-state index is 2.74. The number of hydrogen-bond acceptors (Lipinski definition) is 2. The summed E-state index contributed by atoms with van der Waals surface area (Å²) in [7, 11) is 0. The average molecular weight is 656 g/mol. The summed E-state index contributed by atoms with van der Waals surface area (Å²) in [6.45, 7) is 24.1. The normalized spacial score (nSPS) is 23.7. The van der Waals surface area contributed by atoms with Crippen molar-refractivity contribution in [3.8, 4) is 11.3 Å². The maximum absolute atomic E-state index is 2.74. The Kier molecular flexibility index (Phi) is 8.04. The third-order valence-corrected chi connectivity index (χ3v) is 14.3. The van der Waals surface area contributed by atoms with Crippen LogP contribution in [0.5, 0.6) is 0 Å². The average Bonchev–Trinajstić information content (AvgIpc) is 3.55. The van der Waals surface area contributed by atoms with Crippen molar-refractivity contribution in [3.63, 3.8) is 0 Å². The van der Waals surface area contributed by atoms with Gasteiger partial charge in [-0.25, -0.2) is 4.57 Å². The summed E-state index contributed by atoms with van der Waals surface area (Å²) in [6, 6.07) is 23.6. The zero-order chi connectivity index (χ0) is 34.2. The van der Waals surface area contributed by atoms with Gasteiger partial charge >= 0.3 is 0 Å². The SMILES string of the molecule is CCC1(C)c2cccc3c4ccccc4n4c(-c5c(N6CCC(C(C)C)CC6)cccc5N5CCC(C(C)C)CC5)c[n+](c4c23)C1(C)CC. The second kappa shape index (κ2) is 12.1. The zero-order valence-corrected chi connectivity index (χ0v) is 31.5. The molecule has 3 aromatic carbocycles. The van der Waals surface area contributed by atoms with E-state index >= 15 is 0 Å². The van der Waals surface area contributed by atoms with Crippen LogP contribution in [-0.2, 0) is 11.0 Å². The molecule has 49 heavy (non-hydrogen) atoms. The van der Waals surface area contributed by atoms with Crippen molar-refractivity contribution >= 4 is 38.7 Å². The van der Waals surface area contributed by atoms with Crippen LogP contribution in [0.2, 0.25) is 0 Å². The summed E-state index contributed by atoms with van der Waals surface area (Å²) < 4.78 is 5.43. The Balaban J connectivity index is 1.45. The number of nitrogens with zero attached hydrogens (tertiary/aromatic N) is 4. The number of piperidine rings is 2. The molecule has 3 aliphatic heterocycles. The van der Waals surface area contributed by atoms with E-state index in [9.17, 15) is 0 Å². The minimum atomic E-state index is -0.0741. The van der Waals surface area contributed by atoms with Gasteiger partial charge in [-0.15, -0.1) is 0 Å². The molecule has 0 amide bonds. The molecule has 2 saturated heterocycles. The van der Waals surface area contributed by atoms with Gasteiger partial charge in [0.25, 0.3) is 5.65 Å². The van der Waals surface area contributed by atoms with Crippen molar-refractivity contribution in [1.82, 2.24) is 4.40 Å². The van der Waals surface area contributed by atoms with Crippen LogP contribution in [0.3, 0.4) is 0 Å². The predicted molar refractivity (Wildman–Crippen MR) is 209 cm³/mol. The molecule has 5 aromatic rings. The Labute approximate surface area is 295 Å². The van der Waals surface area contributed by atoms with E-state index in [1.165, 1.54) is 81.2 Å².